The van der Waals surface area contributed by atoms with Gasteiger partial charge in [0.25, 0.3) is 5.91 Å². The number of carboxylic acid groups (broad SMARTS) is 1. The average Bonchev–Trinajstić information content (AvgIpc) is 3.09. The normalized spacial score (nSPS) is 16.2. The molecule has 1 aliphatic heterocycles. The first-order valence-corrected chi connectivity index (χ1v) is 10.1. The lowest BCUT2D eigenvalue weighted by Crippen LogP contribution is -2.28. The molecule has 0 aromatic heterocycles. The number of carbonyl (C=O) groups is 3. The molecular formula is C24H23FN2O5. The highest BCUT2D eigenvalue weighted by molar-refractivity contribution is 6.16. The standard InChI is InChI=1S/C24H23FN2O5/c1-3-4-21-20(22(28)27(26-21)19-11-9-18(25)10-12-19)14-17(23(29)30)13-15-5-7-16(8-6-15)24(31)32-2/h5-13,20H,3-4,14H2,1-2H3,(H,29,30). The van der Waals surface area contributed by atoms with E-state index in [1.807, 2.05) is 6.92 Å². The van der Waals surface area contributed by atoms with E-state index in [-0.39, 0.29) is 17.9 Å². The molecule has 2 aromatic rings. The van der Waals surface area contributed by atoms with E-state index in [0.29, 0.717) is 28.9 Å². The molecule has 1 unspecified atom stereocenters. The fourth-order valence-corrected chi connectivity index (χ4v) is 3.45. The van der Waals surface area contributed by atoms with E-state index in [0.717, 1.165) is 6.42 Å². The van der Waals surface area contributed by atoms with E-state index < -0.39 is 23.7 Å². The Morgan fingerprint density at radius 2 is 1.81 bits per heavy atom. The second-order valence-electron chi connectivity index (χ2n) is 7.31. The molecule has 32 heavy (non-hydrogen) atoms. The third-order valence-corrected chi connectivity index (χ3v) is 5.09. The number of esters is 1. The highest BCUT2D eigenvalue weighted by Crippen LogP contribution is 2.30. The maximum absolute atomic E-state index is 13.3. The van der Waals surface area contributed by atoms with Crippen molar-refractivity contribution in [3.63, 3.8) is 0 Å². The van der Waals surface area contributed by atoms with E-state index in [9.17, 15) is 23.9 Å². The Kier molecular flexibility index (Phi) is 7.14. The molecule has 1 N–H and O–H groups in total. The van der Waals surface area contributed by atoms with E-state index >= 15 is 0 Å². The average molecular weight is 438 g/mol. The topological polar surface area (TPSA) is 96.3 Å². The summed E-state index contributed by atoms with van der Waals surface area (Å²) in [5, 5.41) is 15.4. The van der Waals surface area contributed by atoms with Crippen molar-refractivity contribution in [2.24, 2.45) is 11.0 Å². The van der Waals surface area contributed by atoms with Crippen LogP contribution in [0.2, 0.25) is 0 Å². The van der Waals surface area contributed by atoms with Crippen LogP contribution >= 0.6 is 0 Å². The predicted molar refractivity (Wildman–Crippen MR) is 118 cm³/mol. The lowest BCUT2D eigenvalue weighted by Gasteiger charge is -2.15. The summed E-state index contributed by atoms with van der Waals surface area (Å²) in [4.78, 5) is 36.6. The molecule has 0 fully saturated rings. The van der Waals surface area contributed by atoms with Crippen molar-refractivity contribution in [1.82, 2.24) is 0 Å². The molecule has 0 bridgehead atoms. The molecule has 166 valence electrons. The number of aliphatic carboxylic acids is 1. The molecule has 0 radical (unpaired) electrons. The number of amides is 1. The second kappa shape index (κ2) is 10.00. The Labute approximate surface area is 184 Å². The monoisotopic (exact) mass is 438 g/mol. The van der Waals surface area contributed by atoms with Crippen LogP contribution in [-0.4, -0.2) is 35.8 Å². The van der Waals surface area contributed by atoms with Gasteiger partial charge in [-0.25, -0.2) is 19.0 Å². The zero-order valence-electron chi connectivity index (χ0n) is 17.7. The number of rotatable bonds is 8. The van der Waals surface area contributed by atoms with Crippen LogP contribution < -0.4 is 5.01 Å². The minimum atomic E-state index is -1.15. The number of benzene rings is 2. The molecule has 3 rings (SSSR count). The Morgan fingerprint density at radius 3 is 2.38 bits per heavy atom. The molecule has 1 heterocycles. The third-order valence-electron chi connectivity index (χ3n) is 5.09. The Balaban J connectivity index is 1.87. The molecule has 0 spiro atoms. The molecule has 0 saturated carbocycles. The number of methoxy groups -OCH3 is 1. The SMILES string of the molecule is CCCC1=NN(c2ccc(F)cc2)C(=O)C1CC(=Cc1ccc(C(=O)OC)cc1)C(=O)O. The summed E-state index contributed by atoms with van der Waals surface area (Å²) in [5.41, 5.74) is 1.98. The summed E-state index contributed by atoms with van der Waals surface area (Å²) in [6.07, 6.45) is 2.71. The molecule has 0 aliphatic carbocycles. The number of nitrogens with zero attached hydrogens (tertiary/aromatic N) is 2. The molecule has 1 atom stereocenters. The van der Waals surface area contributed by atoms with Gasteiger partial charge in [0.15, 0.2) is 0 Å². The van der Waals surface area contributed by atoms with Crippen LogP contribution in [0.1, 0.15) is 42.1 Å². The maximum Gasteiger partial charge on any atom is 0.337 e. The number of ether oxygens (including phenoxy) is 1. The summed E-state index contributed by atoms with van der Waals surface area (Å²) in [7, 11) is 1.28. The highest BCUT2D eigenvalue weighted by atomic mass is 19.1. The van der Waals surface area contributed by atoms with Gasteiger partial charge in [-0.15, -0.1) is 0 Å². The summed E-state index contributed by atoms with van der Waals surface area (Å²) in [6, 6.07) is 11.7. The van der Waals surface area contributed by atoms with E-state index in [4.69, 9.17) is 0 Å². The zero-order chi connectivity index (χ0) is 23.3. The fraction of sp³-hybridized carbons (Fsp3) is 0.250. The van der Waals surface area contributed by atoms with E-state index in [1.54, 1.807) is 12.1 Å². The number of hydrogen-bond acceptors (Lipinski definition) is 5. The van der Waals surface area contributed by atoms with Crippen molar-refractivity contribution in [3.8, 4) is 0 Å². The minimum absolute atomic E-state index is 0.0382. The number of anilines is 1. The lowest BCUT2D eigenvalue weighted by molar-refractivity contribution is -0.132. The Bertz CT molecular complexity index is 1070. The van der Waals surface area contributed by atoms with Crippen LogP contribution in [0.15, 0.2) is 59.2 Å². The van der Waals surface area contributed by atoms with Gasteiger partial charge in [-0.2, -0.15) is 5.10 Å². The van der Waals surface area contributed by atoms with Crippen molar-refractivity contribution >= 4 is 35.3 Å². The van der Waals surface area contributed by atoms with Gasteiger partial charge in [0.05, 0.1) is 30.0 Å². The van der Waals surface area contributed by atoms with Crippen molar-refractivity contribution in [2.75, 3.05) is 12.1 Å². The Morgan fingerprint density at radius 1 is 1.16 bits per heavy atom. The third kappa shape index (κ3) is 5.08. The number of carboxylic acids is 1. The minimum Gasteiger partial charge on any atom is -0.478 e. The van der Waals surface area contributed by atoms with E-state index in [2.05, 4.69) is 9.84 Å². The fourth-order valence-electron chi connectivity index (χ4n) is 3.45. The van der Waals surface area contributed by atoms with E-state index in [1.165, 1.54) is 54.6 Å². The predicted octanol–water partition coefficient (Wildman–Crippen LogP) is 4.29. The van der Waals surface area contributed by atoms with Crippen molar-refractivity contribution in [2.45, 2.75) is 26.2 Å². The van der Waals surface area contributed by atoms with Gasteiger partial charge >= 0.3 is 11.9 Å². The lowest BCUT2D eigenvalue weighted by atomic mass is 9.91. The summed E-state index contributed by atoms with van der Waals surface area (Å²) < 4.78 is 17.9. The van der Waals surface area contributed by atoms with Crippen LogP contribution in [0, 0.1) is 11.7 Å². The van der Waals surface area contributed by atoms with Crippen molar-refractivity contribution in [3.05, 3.63) is 71.0 Å². The van der Waals surface area contributed by atoms with Gasteiger partial charge in [-0.1, -0.05) is 25.5 Å². The number of hydrogen-bond donors (Lipinski definition) is 1. The first kappa shape index (κ1) is 22.9. The molecular weight excluding hydrogens is 415 g/mol. The molecule has 7 nitrogen and oxygen atoms in total. The van der Waals surface area contributed by atoms with Gasteiger partial charge in [0.1, 0.15) is 5.82 Å². The number of hydrazone groups is 1. The largest absolute Gasteiger partial charge is 0.478 e. The molecule has 1 amide bonds. The summed E-state index contributed by atoms with van der Waals surface area (Å²) in [6.45, 7) is 1.95. The molecule has 8 heteroatoms. The molecule has 2 aromatic carbocycles. The quantitative estimate of drug-likeness (QED) is 0.490. The molecule has 0 saturated heterocycles. The highest BCUT2D eigenvalue weighted by Gasteiger charge is 2.37. The van der Waals surface area contributed by atoms with Crippen molar-refractivity contribution < 1.29 is 28.6 Å². The zero-order valence-corrected chi connectivity index (χ0v) is 17.7. The second-order valence-corrected chi connectivity index (χ2v) is 7.31. The van der Waals surface area contributed by atoms with Crippen LogP contribution in [0.5, 0.6) is 0 Å². The summed E-state index contributed by atoms with van der Waals surface area (Å²) >= 11 is 0. The smallest absolute Gasteiger partial charge is 0.337 e. The summed E-state index contributed by atoms with van der Waals surface area (Å²) in [5.74, 6) is -3.14. The van der Waals surface area contributed by atoms with Crippen LogP contribution in [0.3, 0.4) is 0 Å². The van der Waals surface area contributed by atoms with Crippen LogP contribution in [0.4, 0.5) is 10.1 Å². The maximum atomic E-state index is 13.3. The van der Waals surface area contributed by atoms with Crippen LogP contribution in [-0.2, 0) is 14.3 Å². The van der Waals surface area contributed by atoms with Gasteiger partial charge in [-0.3, -0.25) is 4.79 Å². The van der Waals surface area contributed by atoms with Crippen molar-refractivity contribution in [1.29, 1.82) is 0 Å². The van der Waals surface area contributed by atoms with Gasteiger partial charge < -0.3 is 9.84 Å². The number of carbonyl (C=O) groups excluding carboxylic acids is 2. The first-order chi connectivity index (χ1) is 15.3. The first-order valence-electron chi connectivity index (χ1n) is 10.1. The van der Waals surface area contributed by atoms with Crippen LogP contribution in [0.25, 0.3) is 6.08 Å². The Hall–Kier alpha value is -3.81. The number of halogens is 1. The van der Waals surface area contributed by atoms with Gasteiger partial charge in [-0.05, 0) is 60.9 Å². The van der Waals surface area contributed by atoms with Gasteiger partial charge in [0, 0.05) is 5.57 Å². The van der Waals surface area contributed by atoms with Gasteiger partial charge in [0.2, 0.25) is 0 Å². The molecule has 1 aliphatic rings.